The molecule has 100 valence electrons. The highest BCUT2D eigenvalue weighted by Crippen LogP contribution is 2.30. The predicted octanol–water partition coefficient (Wildman–Crippen LogP) is 2.32. The molecule has 1 aliphatic heterocycles. The first-order valence-corrected chi connectivity index (χ1v) is 6.73. The van der Waals surface area contributed by atoms with Crippen molar-refractivity contribution in [3.05, 3.63) is 28.8 Å². The van der Waals surface area contributed by atoms with E-state index in [4.69, 9.17) is 4.74 Å². The van der Waals surface area contributed by atoms with Crippen molar-refractivity contribution in [3.8, 4) is 5.75 Å². The molecule has 1 heterocycles. The molecule has 0 saturated carbocycles. The minimum Gasteiger partial charge on any atom is -0.496 e. The average Bonchev–Trinajstić information content (AvgIpc) is 2.83. The normalized spacial score (nSPS) is 21.0. The Kier molecular flexibility index (Phi) is 4.25. The number of aryl methyl sites for hydroxylation is 2. The van der Waals surface area contributed by atoms with Gasteiger partial charge in [0.15, 0.2) is 0 Å². The van der Waals surface area contributed by atoms with Gasteiger partial charge in [0.25, 0.3) is 0 Å². The third-order valence-corrected chi connectivity index (χ3v) is 3.86. The van der Waals surface area contributed by atoms with Crippen LogP contribution in [0, 0.1) is 13.8 Å². The molecule has 1 aliphatic rings. The monoisotopic (exact) mass is 248 g/mol. The van der Waals surface area contributed by atoms with Gasteiger partial charge >= 0.3 is 0 Å². The largest absolute Gasteiger partial charge is 0.496 e. The molecule has 1 saturated heterocycles. The molecule has 1 aromatic carbocycles. The Hall–Kier alpha value is -1.06. The first kappa shape index (κ1) is 13.4. The molecular weight excluding hydrogens is 224 g/mol. The summed E-state index contributed by atoms with van der Waals surface area (Å²) in [5, 5.41) is 7.03. The second kappa shape index (κ2) is 5.72. The average molecular weight is 248 g/mol. The van der Waals surface area contributed by atoms with Crippen LogP contribution in [0.1, 0.15) is 35.6 Å². The lowest BCUT2D eigenvalue weighted by atomic mass is 9.94. The van der Waals surface area contributed by atoms with E-state index < -0.39 is 0 Å². The van der Waals surface area contributed by atoms with Crippen molar-refractivity contribution in [2.75, 3.05) is 20.7 Å². The SMILES string of the molecule is CNC(c1cc(C)c(OC)c(C)c1)C1CCCN1. The number of benzene rings is 1. The summed E-state index contributed by atoms with van der Waals surface area (Å²) in [5.74, 6) is 1.01. The summed E-state index contributed by atoms with van der Waals surface area (Å²) in [6.45, 7) is 5.37. The van der Waals surface area contributed by atoms with Crippen molar-refractivity contribution in [1.82, 2.24) is 10.6 Å². The number of methoxy groups -OCH3 is 1. The number of hydrogen-bond acceptors (Lipinski definition) is 3. The van der Waals surface area contributed by atoms with E-state index in [1.54, 1.807) is 7.11 Å². The zero-order chi connectivity index (χ0) is 13.1. The highest BCUT2D eigenvalue weighted by Gasteiger charge is 2.25. The molecule has 2 atom stereocenters. The number of nitrogens with one attached hydrogen (secondary N) is 2. The summed E-state index contributed by atoms with van der Waals surface area (Å²) in [6, 6.07) is 5.41. The van der Waals surface area contributed by atoms with Gasteiger partial charge in [0.1, 0.15) is 5.75 Å². The molecular formula is C15H24N2O. The second-order valence-corrected chi connectivity index (χ2v) is 5.16. The van der Waals surface area contributed by atoms with Crippen LogP contribution in [-0.4, -0.2) is 26.7 Å². The van der Waals surface area contributed by atoms with Crippen LogP contribution in [0.25, 0.3) is 0 Å². The summed E-state index contributed by atoms with van der Waals surface area (Å²) in [6.07, 6.45) is 2.52. The first-order chi connectivity index (χ1) is 8.67. The molecule has 0 aliphatic carbocycles. The van der Waals surface area contributed by atoms with E-state index in [2.05, 4.69) is 36.6 Å². The van der Waals surface area contributed by atoms with E-state index in [0.717, 1.165) is 12.3 Å². The van der Waals surface area contributed by atoms with Gasteiger partial charge in [-0.15, -0.1) is 0 Å². The van der Waals surface area contributed by atoms with Crippen LogP contribution in [0.15, 0.2) is 12.1 Å². The molecule has 1 fully saturated rings. The van der Waals surface area contributed by atoms with Gasteiger partial charge in [-0.05, 0) is 57.0 Å². The van der Waals surface area contributed by atoms with Crippen LogP contribution < -0.4 is 15.4 Å². The van der Waals surface area contributed by atoms with Crippen LogP contribution in [0.3, 0.4) is 0 Å². The maximum atomic E-state index is 5.43. The molecule has 0 spiro atoms. The van der Waals surface area contributed by atoms with Gasteiger partial charge < -0.3 is 15.4 Å². The Morgan fingerprint density at radius 1 is 1.33 bits per heavy atom. The van der Waals surface area contributed by atoms with Crippen molar-refractivity contribution in [2.45, 2.75) is 38.8 Å². The second-order valence-electron chi connectivity index (χ2n) is 5.16. The smallest absolute Gasteiger partial charge is 0.124 e. The Labute approximate surface area is 110 Å². The molecule has 0 amide bonds. The van der Waals surface area contributed by atoms with Crippen LogP contribution in [0.5, 0.6) is 5.75 Å². The molecule has 3 heteroatoms. The molecule has 2 unspecified atom stereocenters. The lowest BCUT2D eigenvalue weighted by Gasteiger charge is -2.25. The van der Waals surface area contributed by atoms with Gasteiger partial charge in [-0.3, -0.25) is 0 Å². The number of likely N-dealkylation sites (N-methyl/N-ethyl adjacent to an activating group) is 1. The van der Waals surface area contributed by atoms with Gasteiger partial charge in [0.05, 0.1) is 7.11 Å². The molecule has 1 aromatic rings. The molecule has 0 aromatic heterocycles. The van der Waals surface area contributed by atoms with Crippen LogP contribution in [0.4, 0.5) is 0 Å². The maximum absolute atomic E-state index is 5.43. The fraction of sp³-hybridized carbons (Fsp3) is 0.600. The Bertz CT molecular complexity index is 388. The van der Waals surface area contributed by atoms with Crippen molar-refractivity contribution in [3.63, 3.8) is 0 Å². The summed E-state index contributed by atoms with van der Waals surface area (Å²) in [4.78, 5) is 0. The highest BCUT2D eigenvalue weighted by molar-refractivity contribution is 5.44. The molecule has 2 N–H and O–H groups in total. The molecule has 0 bridgehead atoms. The lowest BCUT2D eigenvalue weighted by molar-refractivity contribution is 0.406. The summed E-state index contributed by atoms with van der Waals surface area (Å²) in [7, 11) is 3.78. The van der Waals surface area contributed by atoms with Gasteiger partial charge in [0.2, 0.25) is 0 Å². The van der Waals surface area contributed by atoms with Crippen molar-refractivity contribution in [1.29, 1.82) is 0 Å². The van der Waals surface area contributed by atoms with E-state index in [-0.39, 0.29) is 0 Å². The Morgan fingerprint density at radius 2 is 2.00 bits per heavy atom. The molecule has 3 nitrogen and oxygen atoms in total. The third kappa shape index (κ3) is 2.52. The van der Waals surface area contributed by atoms with Crippen molar-refractivity contribution in [2.24, 2.45) is 0 Å². The minimum atomic E-state index is 0.385. The van der Waals surface area contributed by atoms with E-state index >= 15 is 0 Å². The molecule has 18 heavy (non-hydrogen) atoms. The fourth-order valence-corrected chi connectivity index (χ4v) is 3.08. The zero-order valence-electron chi connectivity index (χ0n) is 11.8. The fourth-order valence-electron chi connectivity index (χ4n) is 3.08. The van der Waals surface area contributed by atoms with Gasteiger partial charge in [-0.25, -0.2) is 0 Å². The minimum absolute atomic E-state index is 0.385. The van der Waals surface area contributed by atoms with Crippen molar-refractivity contribution < 1.29 is 4.74 Å². The first-order valence-electron chi connectivity index (χ1n) is 6.73. The quantitative estimate of drug-likeness (QED) is 0.858. The van der Waals surface area contributed by atoms with Gasteiger partial charge in [-0.1, -0.05) is 12.1 Å². The van der Waals surface area contributed by atoms with Gasteiger partial charge in [0, 0.05) is 12.1 Å². The van der Waals surface area contributed by atoms with Gasteiger partial charge in [-0.2, -0.15) is 0 Å². The number of rotatable bonds is 4. The maximum Gasteiger partial charge on any atom is 0.124 e. The zero-order valence-corrected chi connectivity index (χ0v) is 11.8. The summed E-state index contributed by atoms with van der Waals surface area (Å²) < 4.78 is 5.43. The van der Waals surface area contributed by atoms with E-state index in [9.17, 15) is 0 Å². The third-order valence-electron chi connectivity index (χ3n) is 3.86. The summed E-state index contributed by atoms with van der Waals surface area (Å²) in [5.41, 5.74) is 3.78. The number of ether oxygens (including phenoxy) is 1. The molecule has 0 radical (unpaired) electrons. The Balaban J connectivity index is 2.30. The standard InChI is InChI=1S/C15H24N2O/c1-10-8-12(9-11(2)15(10)18-4)14(16-3)13-6-5-7-17-13/h8-9,13-14,16-17H,5-7H2,1-4H3. The summed E-state index contributed by atoms with van der Waals surface area (Å²) >= 11 is 0. The van der Waals surface area contributed by atoms with Crippen LogP contribution in [-0.2, 0) is 0 Å². The van der Waals surface area contributed by atoms with E-state index in [1.807, 2.05) is 7.05 Å². The topological polar surface area (TPSA) is 33.3 Å². The molecule has 2 rings (SSSR count). The van der Waals surface area contributed by atoms with Crippen molar-refractivity contribution >= 4 is 0 Å². The van der Waals surface area contributed by atoms with Crippen LogP contribution >= 0.6 is 0 Å². The van der Waals surface area contributed by atoms with Crippen LogP contribution in [0.2, 0.25) is 0 Å². The van der Waals surface area contributed by atoms with E-state index in [1.165, 1.54) is 29.5 Å². The Morgan fingerprint density at radius 3 is 2.44 bits per heavy atom. The van der Waals surface area contributed by atoms with E-state index in [0.29, 0.717) is 12.1 Å². The predicted molar refractivity (Wildman–Crippen MR) is 75.3 cm³/mol. The number of hydrogen-bond donors (Lipinski definition) is 2. The lowest BCUT2D eigenvalue weighted by Crippen LogP contribution is -2.36. The highest BCUT2D eigenvalue weighted by atomic mass is 16.5.